The zero-order valence-electron chi connectivity index (χ0n) is 12.5. The minimum atomic E-state index is -4.05. The first-order chi connectivity index (χ1) is 11.0. The molecule has 0 amide bonds. The predicted octanol–water partition coefficient (Wildman–Crippen LogP) is 3.06. The highest BCUT2D eigenvalue weighted by Crippen LogP contribution is 2.31. The lowest BCUT2D eigenvalue weighted by molar-refractivity contribution is 0.390. The Hall–Kier alpha value is -2.78. The lowest BCUT2D eigenvalue weighted by Gasteiger charge is -2.12. The van der Waals surface area contributed by atoms with Crippen molar-refractivity contribution in [2.75, 3.05) is 7.11 Å². The average molecular weight is 329 g/mol. The second-order valence-corrected chi connectivity index (χ2v) is 6.20. The molecular formula is C17H15NO4S. The van der Waals surface area contributed by atoms with Crippen molar-refractivity contribution in [1.29, 1.82) is 5.26 Å². The SMILES string of the molecule is C=CCc1ccc(OS(=O)(=O)c2cccc(C#N)c2)c(OC)c1. The van der Waals surface area contributed by atoms with Crippen LogP contribution in [0.25, 0.3) is 0 Å². The molecule has 0 aromatic heterocycles. The van der Waals surface area contributed by atoms with Crippen LogP contribution in [-0.2, 0) is 16.5 Å². The first kappa shape index (κ1) is 16.6. The van der Waals surface area contributed by atoms with Crippen LogP contribution in [0, 0.1) is 11.3 Å². The van der Waals surface area contributed by atoms with Crippen LogP contribution in [0.5, 0.6) is 11.5 Å². The van der Waals surface area contributed by atoms with Gasteiger partial charge in [0, 0.05) is 0 Å². The summed E-state index contributed by atoms with van der Waals surface area (Å²) in [6.45, 7) is 3.65. The van der Waals surface area contributed by atoms with Crippen LogP contribution in [0.4, 0.5) is 0 Å². The molecule has 0 bridgehead atoms. The molecule has 0 aliphatic heterocycles. The van der Waals surface area contributed by atoms with E-state index in [1.807, 2.05) is 6.07 Å². The van der Waals surface area contributed by atoms with Gasteiger partial charge in [0.2, 0.25) is 0 Å². The van der Waals surface area contributed by atoms with Crippen molar-refractivity contribution < 1.29 is 17.3 Å². The van der Waals surface area contributed by atoms with Gasteiger partial charge in [-0.15, -0.1) is 6.58 Å². The Morgan fingerprint density at radius 2 is 2.00 bits per heavy atom. The van der Waals surface area contributed by atoms with Crippen molar-refractivity contribution >= 4 is 10.1 Å². The summed E-state index contributed by atoms with van der Waals surface area (Å²) >= 11 is 0. The van der Waals surface area contributed by atoms with Crippen LogP contribution >= 0.6 is 0 Å². The number of methoxy groups -OCH3 is 1. The molecular weight excluding hydrogens is 314 g/mol. The molecule has 0 unspecified atom stereocenters. The average Bonchev–Trinajstić information content (AvgIpc) is 2.56. The molecule has 0 spiro atoms. The van der Waals surface area contributed by atoms with Gasteiger partial charge in [0.1, 0.15) is 4.90 Å². The molecule has 6 heteroatoms. The minimum absolute atomic E-state index is 0.0858. The highest BCUT2D eigenvalue weighted by molar-refractivity contribution is 7.87. The maximum absolute atomic E-state index is 12.3. The van der Waals surface area contributed by atoms with Gasteiger partial charge in [-0.05, 0) is 42.3 Å². The van der Waals surface area contributed by atoms with E-state index < -0.39 is 10.1 Å². The molecule has 0 aliphatic carbocycles. The topological polar surface area (TPSA) is 76.4 Å². The van der Waals surface area contributed by atoms with Crippen LogP contribution in [0.2, 0.25) is 0 Å². The summed E-state index contributed by atoms with van der Waals surface area (Å²) < 4.78 is 35.0. The summed E-state index contributed by atoms with van der Waals surface area (Å²) in [5, 5.41) is 8.87. The standard InChI is InChI=1S/C17H15NO4S/c1-3-5-13-8-9-16(17(11-13)21-2)22-23(19,20)15-7-4-6-14(10-15)12-18/h3-4,6-11H,1,5H2,2H3. The van der Waals surface area contributed by atoms with Crippen molar-refractivity contribution in [2.45, 2.75) is 11.3 Å². The number of hydrogen-bond acceptors (Lipinski definition) is 5. The fourth-order valence-corrected chi connectivity index (χ4v) is 2.95. The van der Waals surface area contributed by atoms with Crippen molar-refractivity contribution in [3.63, 3.8) is 0 Å². The first-order valence-electron chi connectivity index (χ1n) is 6.72. The van der Waals surface area contributed by atoms with Gasteiger partial charge in [-0.1, -0.05) is 18.2 Å². The molecule has 5 nitrogen and oxygen atoms in total. The van der Waals surface area contributed by atoms with Crippen molar-refractivity contribution in [2.24, 2.45) is 0 Å². The number of rotatable bonds is 6. The number of nitriles is 1. The van der Waals surface area contributed by atoms with Crippen LogP contribution in [0.1, 0.15) is 11.1 Å². The van der Waals surface area contributed by atoms with Gasteiger partial charge in [0.25, 0.3) is 0 Å². The Morgan fingerprint density at radius 3 is 2.65 bits per heavy atom. The maximum atomic E-state index is 12.3. The second-order valence-electron chi connectivity index (χ2n) is 4.66. The summed E-state index contributed by atoms with van der Waals surface area (Å²) in [7, 11) is -2.62. The van der Waals surface area contributed by atoms with Crippen LogP contribution < -0.4 is 8.92 Å². The zero-order chi connectivity index (χ0) is 16.9. The smallest absolute Gasteiger partial charge is 0.339 e. The van der Waals surface area contributed by atoms with E-state index in [1.54, 1.807) is 18.2 Å². The monoisotopic (exact) mass is 329 g/mol. The van der Waals surface area contributed by atoms with Gasteiger partial charge in [-0.3, -0.25) is 0 Å². The highest BCUT2D eigenvalue weighted by Gasteiger charge is 2.19. The van der Waals surface area contributed by atoms with Crippen molar-refractivity contribution in [3.8, 4) is 17.6 Å². The third-order valence-electron chi connectivity index (χ3n) is 3.06. The van der Waals surface area contributed by atoms with E-state index in [1.165, 1.54) is 37.4 Å². The quantitative estimate of drug-likeness (QED) is 0.601. The Morgan fingerprint density at radius 1 is 1.22 bits per heavy atom. The molecule has 0 aliphatic rings. The molecule has 2 aromatic carbocycles. The minimum Gasteiger partial charge on any atom is -0.493 e. The van der Waals surface area contributed by atoms with Crippen molar-refractivity contribution in [1.82, 2.24) is 0 Å². The molecule has 0 saturated carbocycles. The normalized spacial score (nSPS) is 10.6. The molecule has 0 N–H and O–H groups in total. The summed E-state index contributed by atoms with van der Waals surface area (Å²) in [6.07, 6.45) is 2.37. The van der Waals surface area contributed by atoms with Gasteiger partial charge in [-0.2, -0.15) is 13.7 Å². The number of ether oxygens (including phenoxy) is 1. The summed E-state index contributed by atoms with van der Waals surface area (Å²) in [4.78, 5) is -0.0891. The largest absolute Gasteiger partial charge is 0.493 e. The molecule has 2 rings (SSSR count). The van der Waals surface area contributed by atoms with Gasteiger partial charge in [0.05, 0.1) is 18.7 Å². The zero-order valence-corrected chi connectivity index (χ0v) is 13.3. The molecule has 2 aromatic rings. The Balaban J connectivity index is 2.37. The lowest BCUT2D eigenvalue weighted by atomic mass is 10.1. The fraction of sp³-hybridized carbons (Fsp3) is 0.118. The summed E-state index contributed by atoms with van der Waals surface area (Å²) in [6, 6.07) is 12.5. The first-order valence-corrected chi connectivity index (χ1v) is 8.13. The van der Waals surface area contributed by atoms with E-state index in [9.17, 15) is 8.42 Å². The molecule has 0 saturated heterocycles. The number of benzene rings is 2. The number of allylic oxidation sites excluding steroid dienone is 1. The van der Waals surface area contributed by atoms with Crippen LogP contribution in [0.3, 0.4) is 0 Å². The lowest BCUT2D eigenvalue weighted by Crippen LogP contribution is -2.10. The Bertz CT molecular complexity index is 866. The fourth-order valence-electron chi connectivity index (χ4n) is 1.96. The van der Waals surface area contributed by atoms with Crippen LogP contribution in [0.15, 0.2) is 60.0 Å². The van der Waals surface area contributed by atoms with E-state index in [2.05, 4.69) is 6.58 Å². The van der Waals surface area contributed by atoms with E-state index in [0.29, 0.717) is 12.2 Å². The van der Waals surface area contributed by atoms with Gasteiger partial charge in [0.15, 0.2) is 11.5 Å². The summed E-state index contributed by atoms with van der Waals surface area (Å²) in [5.74, 6) is 0.395. The Labute approximate surface area is 135 Å². The molecule has 0 heterocycles. The molecule has 0 atom stereocenters. The molecule has 0 fully saturated rings. The van der Waals surface area contributed by atoms with Crippen molar-refractivity contribution in [3.05, 3.63) is 66.2 Å². The third kappa shape index (κ3) is 3.90. The molecule has 23 heavy (non-hydrogen) atoms. The molecule has 118 valence electrons. The van der Waals surface area contributed by atoms with Crippen LogP contribution in [-0.4, -0.2) is 15.5 Å². The van der Waals surface area contributed by atoms with Gasteiger partial charge >= 0.3 is 10.1 Å². The second kappa shape index (κ2) is 6.99. The third-order valence-corrected chi connectivity index (χ3v) is 4.29. The maximum Gasteiger partial charge on any atom is 0.339 e. The number of hydrogen-bond donors (Lipinski definition) is 0. The number of nitrogens with zero attached hydrogens (tertiary/aromatic N) is 1. The van der Waals surface area contributed by atoms with E-state index in [4.69, 9.17) is 14.2 Å². The van der Waals surface area contributed by atoms with E-state index >= 15 is 0 Å². The van der Waals surface area contributed by atoms with E-state index in [-0.39, 0.29) is 16.2 Å². The summed E-state index contributed by atoms with van der Waals surface area (Å²) in [5.41, 5.74) is 1.16. The van der Waals surface area contributed by atoms with E-state index in [0.717, 1.165) is 5.56 Å². The molecule has 0 radical (unpaired) electrons. The Kier molecular flexibility index (Phi) is 5.04. The van der Waals surface area contributed by atoms with Gasteiger partial charge in [-0.25, -0.2) is 0 Å². The van der Waals surface area contributed by atoms with Gasteiger partial charge < -0.3 is 8.92 Å². The predicted molar refractivity (Wildman–Crippen MR) is 85.9 cm³/mol. The highest BCUT2D eigenvalue weighted by atomic mass is 32.2.